The summed E-state index contributed by atoms with van der Waals surface area (Å²) in [4.78, 5) is 27.4. The number of allylic oxidation sites excluding steroid dienone is 1. The lowest BCUT2D eigenvalue weighted by molar-refractivity contribution is 0.627. The summed E-state index contributed by atoms with van der Waals surface area (Å²) < 4.78 is 14.7. The number of fused-ring (bicyclic) bond motifs is 1. The van der Waals surface area contributed by atoms with Gasteiger partial charge in [0.1, 0.15) is 11.5 Å². The number of hydrogen-bond acceptors (Lipinski definition) is 5. The average molecular weight is 391 g/mol. The zero-order valence-corrected chi connectivity index (χ0v) is 16.4. The highest BCUT2D eigenvalue weighted by atomic mass is 19.1. The third-order valence-electron chi connectivity index (χ3n) is 4.46. The summed E-state index contributed by atoms with van der Waals surface area (Å²) in [6.07, 6.45) is 3.17. The van der Waals surface area contributed by atoms with E-state index in [2.05, 4.69) is 21.7 Å². The molecule has 0 N–H and O–H groups in total. The minimum absolute atomic E-state index is 0.199. The minimum Gasteiger partial charge on any atom is -0.366 e. The van der Waals surface area contributed by atoms with Crippen LogP contribution in [0.5, 0.6) is 0 Å². The Kier molecular flexibility index (Phi) is 6.29. The molecule has 0 radical (unpaired) electrons. The van der Waals surface area contributed by atoms with Gasteiger partial charge in [0.15, 0.2) is 0 Å². The first kappa shape index (κ1) is 20.1. The monoisotopic (exact) mass is 391 g/mol. The summed E-state index contributed by atoms with van der Waals surface area (Å²) in [5.41, 5.74) is 3.12. The van der Waals surface area contributed by atoms with Crippen LogP contribution in [0.4, 0.5) is 10.1 Å². The van der Waals surface area contributed by atoms with Crippen molar-refractivity contribution in [2.75, 3.05) is 18.5 Å². The van der Waals surface area contributed by atoms with E-state index in [9.17, 15) is 9.18 Å². The van der Waals surface area contributed by atoms with E-state index < -0.39 is 0 Å². The van der Waals surface area contributed by atoms with Crippen molar-refractivity contribution in [1.82, 2.24) is 9.38 Å². The van der Waals surface area contributed by atoms with Crippen molar-refractivity contribution < 1.29 is 4.39 Å². The predicted octanol–water partition coefficient (Wildman–Crippen LogP) is 3.60. The van der Waals surface area contributed by atoms with E-state index in [4.69, 9.17) is 0 Å². The molecule has 0 saturated heterocycles. The van der Waals surface area contributed by atoms with Crippen LogP contribution in [-0.4, -0.2) is 35.9 Å². The summed E-state index contributed by atoms with van der Waals surface area (Å²) in [6, 6.07) is 13.2. The molecule has 148 valence electrons. The molecule has 1 aromatic carbocycles. The maximum absolute atomic E-state index is 13.2. The third-order valence-corrected chi connectivity index (χ3v) is 4.46. The van der Waals surface area contributed by atoms with Crippen LogP contribution in [0.1, 0.15) is 18.3 Å². The highest BCUT2D eigenvalue weighted by Gasteiger charge is 2.12. The fourth-order valence-corrected chi connectivity index (χ4v) is 3.15. The molecule has 2 heterocycles. The molecular formula is C22H22FN5O. The molecule has 0 amide bonds. The van der Waals surface area contributed by atoms with Crippen molar-refractivity contribution in [3.8, 4) is 0 Å². The summed E-state index contributed by atoms with van der Waals surface area (Å²) in [5, 5.41) is 0. The Labute approximate surface area is 168 Å². The lowest BCUT2D eigenvalue weighted by Gasteiger charge is -2.23. The number of nitrogens with zero attached hydrogens (tertiary/aromatic N) is 5. The molecule has 0 atom stereocenters. The van der Waals surface area contributed by atoms with Crippen molar-refractivity contribution in [2.24, 2.45) is 9.98 Å². The number of aromatic nitrogens is 2. The first-order valence-corrected chi connectivity index (χ1v) is 9.18. The van der Waals surface area contributed by atoms with E-state index >= 15 is 0 Å². The molecular weight excluding hydrogens is 369 g/mol. The van der Waals surface area contributed by atoms with Crippen LogP contribution >= 0.6 is 0 Å². The number of anilines is 1. The molecule has 3 aromatic rings. The van der Waals surface area contributed by atoms with Crippen LogP contribution in [0.25, 0.3) is 11.2 Å². The van der Waals surface area contributed by atoms with E-state index in [0.717, 1.165) is 5.69 Å². The quantitative estimate of drug-likeness (QED) is 0.578. The fourth-order valence-electron chi connectivity index (χ4n) is 3.15. The van der Waals surface area contributed by atoms with E-state index in [0.29, 0.717) is 35.7 Å². The fraction of sp³-hybridized carbons (Fsp3) is 0.182. The second-order valence-electron chi connectivity index (χ2n) is 6.34. The second-order valence-corrected chi connectivity index (χ2v) is 6.34. The highest BCUT2D eigenvalue weighted by molar-refractivity contribution is 6.09. The largest absolute Gasteiger partial charge is 0.366 e. The molecule has 0 aliphatic carbocycles. The Morgan fingerprint density at radius 1 is 1.28 bits per heavy atom. The van der Waals surface area contributed by atoms with Crippen molar-refractivity contribution in [1.29, 1.82) is 0 Å². The number of pyridine rings is 1. The van der Waals surface area contributed by atoms with Crippen molar-refractivity contribution in [3.63, 3.8) is 0 Å². The molecule has 0 unspecified atom stereocenters. The van der Waals surface area contributed by atoms with Gasteiger partial charge in [-0.1, -0.05) is 6.07 Å². The smallest absolute Gasteiger partial charge is 0.258 e. The maximum atomic E-state index is 13.2. The average Bonchev–Trinajstić information content (AvgIpc) is 2.72. The minimum atomic E-state index is -0.284. The molecule has 29 heavy (non-hydrogen) atoms. The van der Waals surface area contributed by atoms with Crippen molar-refractivity contribution in [2.45, 2.75) is 13.5 Å². The molecule has 6 nitrogen and oxygen atoms in total. The van der Waals surface area contributed by atoms with Crippen LogP contribution < -0.4 is 10.5 Å². The highest BCUT2D eigenvalue weighted by Crippen LogP contribution is 2.18. The van der Waals surface area contributed by atoms with Gasteiger partial charge < -0.3 is 4.90 Å². The molecule has 0 bridgehead atoms. The SMILES string of the molecule is C=N/C=C(\C=NC)c1cccc2nc(CN(CC)c3ccc(F)cc3)cc(=O)n12. The van der Waals surface area contributed by atoms with Crippen LogP contribution in [0, 0.1) is 5.82 Å². The van der Waals surface area contributed by atoms with Gasteiger partial charge in [0.05, 0.1) is 17.9 Å². The number of hydrogen-bond donors (Lipinski definition) is 0. The van der Waals surface area contributed by atoms with Gasteiger partial charge in [0.2, 0.25) is 0 Å². The van der Waals surface area contributed by atoms with Crippen molar-refractivity contribution >= 4 is 29.8 Å². The number of rotatable bonds is 7. The Bertz CT molecular complexity index is 1130. The Balaban J connectivity index is 2.04. The van der Waals surface area contributed by atoms with Crippen LogP contribution in [0.2, 0.25) is 0 Å². The van der Waals surface area contributed by atoms with E-state index in [1.807, 2.05) is 24.0 Å². The van der Waals surface area contributed by atoms with Gasteiger partial charge in [-0.15, -0.1) is 0 Å². The van der Waals surface area contributed by atoms with E-state index in [-0.39, 0.29) is 11.4 Å². The summed E-state index contributed by atoms with van der Waals surface area (Å²) in [5.74, 6) is -0.284. The first-order chi connectivity index (χ1) is 14.1. The van der Waals surface area contributed by atoms with E-state index in [1.165, 1.54) is 22.6 Å². The molecule has 0 saturated carbocycles. The lowest BCUT2D eigenvalue weighted by atomic mass is 10.2. The second kappa shape index (κ2) is 9.05. The zero-order valence-electron chi connectivity index (χ0n) is 16.4. The van der Waals surface area contributed by atoms with Gasteiger partial charge in [-0.05, 0) is 50.0 Å². The predicted molar refractivity (Wildman–Crippen MR) is 117 cm³/mol. The number of aliphatic imine (C=N–C) groups is 2. The molecule has 0 aliphatic rings. The lowest BCUT2D eigenvalue weighted by Crippen LogP contribution is -2.25. The van der Waals surface area contributed by atoms with Gasteiger partial charge in [-0.3, -0.25) is 19.2 Å². The molecule has 3 rings (SSSR count). The van der Waals surface area contributed by atoms with Gasteiger partial charge >= 0.3 is 0 Å². The Morgan fingerprint density at radius 3 is 2.69 bits per heavy atom. The summed E-state index contributed by atoms with van der Waals surface area (Å²) >= 11 is 0. The Hall–Kier alpha value is -3.61. The molecule has 0 fully saturated rings. The maximum Gasteiger partial charge on any atom is 0.258 e. The van der Waals surface area contributed by atoms with Crippen LogP contribution in [0.3, 0.4) is 0 Å². The topological polar surface area (TPSA) is 62.3 Å². The standard InChI is InChI=1S/C22H22FN5O/c1-4-27(19-10-8-17(23)9-11-19)15-18-12-22(29)28-20(6-5-7-21(28)26-18)16(13-24-2)14-25-3/h5-14H,2,4,15H2,1,3H3/b16-13+,25-14?. The van der Waals surface area contributed by atoms with Crippen LogP contribution in [-0.2, 0) is 6.54 Å². The Morgan fingerprint density at radius 2 is 2.03 bits per heavy atom. The van der Waals surface area contributed by atoms with Gasteiger partial charge in [-0.25, -0.2) is 9.37 Å². The molecule has 2 aromatic heterocycles. The van der Waals surface area contributed by atoms with Crippen LogP contribution in [0.15, 0.2) is 69.5 Å². The number of benzene rings is 1. The van der Waals surface area contributed by atoms with Gasteiger partial charge in [0, 0.05) is 43.3 Å². The van der Waals surface area contributed by atoms with Gasteiger partial charge in [-0.2, -0.15) is 0 Å². The first-order valence-electron chi connectivity index (χ1n) is 9.18. The zero-order chi connectivity index (χ0) is 20.8. The summed E-state index contributed by atoms with van der Waals surface area (Å²) in [6.45, 7) is 6.61. The third kappa shape index (κ3) is 4.45. The molecule has 7 heteroatoms. The van der Waals surface area contributed by atoms with Crippen molar-refractivity contribution in [3.05, 3.63) is 82.3 Å². The summed E-state index contributed by atoms with van der Waals surface area (Å²) in [7, 11) is 1.65. The molecule has 0 aliphatic heterocycles. The normalized spacial score (nSPS) is 11.9. The van der Waals surface area contributed by atoms with Gasteiger partial charge in [0.25, 0.3) is 5.56 Å². The number of halogens is 1. The van der Waals surface area contributed by atoms with E-state index in [1.54, 1.807) is 37.7 Å². The molecule has 0 spiro atoms.